The van der Waals surface area contributed by atoms with Gasteiger partial charge in [-0.2, -0.15) is 4.31 Å². The maximum atomic E-state index is 15.2. The zero-order valence-corrected chi connectivity index (χ0v) is 26.4. The van der Waals surface area contributed by atoms with E-state index < -0.39 is 49.5 Å². The van der Waals surface area contributed by atoms with Crippen molar-refractivity contribution in [1.82, 2.24) is 13.9 Å². The number of nitrogens with zero attached hydrogens (tertiary/aromatic N) is 2. The number of piperidine rings is 1. The van der Waals surface area contributed by atoms with Crippen LogP contribution in [-0.2, 0) is 31.3 Å². The number of carbonyl (C=O) groups is 1. The molecule has 2 aromatic carbocycles. The number of hydrogen-bond acceptors (Lipinski definition) is 7. The molecule has 3 heterocycles. The van der Waals surface area contributed by atoms with Crippen molar-refractivity contribution in [2.24, 2.45) is 11.7 Å². The third-order valence-corrected chi connectivity index (χ3v) is 12.6. The van der Waals surface area contributed by atoms with Crippen LogP contribution in [-0.4, -0.2) is 87.7 Å². The number of amides is 1. The molecule has 3 fully saturated rings. The Morgan fingerprint density at radius 2 is 1.82 bits per heavy atom. The lowest BCUT2D eigenvalue weighted by atomic mass is 9.76. The summed E-state index contributed by atoms with van der Waals surface area (Å²) >= 11 is 0. The van der Waals surface area contributed by atoms with Crippen molar-refractivity contribution in [1.29, 1.82) is 0 Å². The first kappa shape index (κ1) is 32.9. The van der Waals surface area contributed by atoms with E-state index in [1.807, 2.05) is 0 Å². The van der Waals surface area contributed by atoms with Gasteiger partial charge in [0, 0.05) is 55.4 Å². The molecular weight excluding hydrogens is 612 g/mol. The molecule has 3 saturated heterocycles. The van der Waals surface area contributed by atoms with Crippen molar-refractivity contribution in [3.63, 3.8) is 0 Å². The third-order valence-electron chi connectivity index (χ3n) is 9.29. The molecule has 2 bridgehead atoms. The van der Waals surface area contributed by atoms with E-state index in [1.165, 1.54) is 28.6 Å². The lowest BCUT2D eigenvalue weighted by Crippen LogP contribution is -2.57. The lowest BCUT2D eigenvalue weighted by molar-refractivity contribution is -0.118. The number of halogens is 2. The van der Waals surface area contributed by atoms with Crippen LogP contribution in [0.1, 0.15) is 49.1 Å². The Hall–Kier alpha value is -2.49. The molecule has 242 valence electrons. The van der Waals surface area contributed by atoms with Crippen molar-refractivity contribution in [2.45, 2.75) is 62.6 Å². The van der Waals surface area contributed by atoms with Crippen molar-refractivity contribution in [3.8, 4) is 0 Å². The average molecular weight is 654 g/mol. The number of carbonyl (C=O) groups excluding carboxylic acids is 1. The molecule has 3 aliphatic rings. The molecule has 3 aliphatic heterocycles. The van der Waals surface area contributed by atoms with Gasteiger partial charge in [0.25, 0.3) is 0 Å². The summed E-state index contributed by atoms with van der Waals surface area (Å²) in [6.07, 6.45) is 4.06. The summed E-state index contributed by atoms with van der Waals surface area (Å²) in [6, 6.07) is 8.86. The highest BCUT2D eigenvalue weighted by Gasteiger charge is 2.39. The van der Waals surface area contributed by atoms with Gasteiger partial charge < -0.3 is 16.4 Å². The van der Waals surface area contributed by atoms with Crippen LogP contribution >= 0.6 is 0 Å². The van der Waals surface area contributed by atoms with E-state index in [0.717, 1.165) is 12.7 Å². The van der Waals surface area contributed by atoms with E-state index in [9.17, 15) is 26.0 Å². The molecule has 0 aromatic heterocycles. The van der Waals surface area contributed by atoms with Crippen LogP contribution in [0.15, 0.2) is 42.5 Å². The van der Waals surface area contributed by atoms with Gasteiger partial charge in [0.05, 0.1) is 18.1 Å². The fourth-order valence-electron chi connectivity index (χ4n) is 6.89. The van der Waals surface area contributed by atoms with E-state index in [1.54, 1.807) is 22.5 Å². The minimum Gasteiger partial charge on any atom is -0.324 e. The fraction of sp³-hybridized carbons (Fsp3) is 0.567. The summed E-state index contributed by atoms with van der Waals surface area (Å²) in [5, 5.41) is 6.23. The number of hydrogen-bond donors (Lipinski definition) is 3. The zero-order chi connectivity index (χ0) is 31.6. The maximum absolute atomic E-state index is 15.2. The molecule has 10 nitrogen and oxygen atoms in total. The summed E-state index contributed by atoms with van der Waals surface area (Å²) in [5.41, 5.74) is 7.78. The Morgan fingerprint density at radius 3 is 2.50 bits per heavy atom. The number of benzene rings is 2. The molecular formula is C30H41F2N5O5S2. The summed E-state index contributed by atoms with van der Waals surface area (Å²) in [5.74, 6) is -2.08. The van der Waals surface area contributed by atoms with E-state index >= 15 is 4.39 Å². The van der Waals surface area contributed by atoms with Gasteiger partial charge in [-0.1, -0.05) is 18.2 Å². The first-order chi connectivity index (χ1) is 20.8. The van der Waals surface area contributed by atoms with Gasteiger partial charge in [-0.05, 0) is 74.3 Å². The van der Waals surface area contributed by atoms with E-state index in [2.05, 4.69) is 10.6 Å². The number of sulfonamides is 2. The summed E-state index contributed by atoms with van der Waals surface area (Å²) < 4.78 is 81.8. The normalized spacial score (nSPS) is 26.0. The highest BCUT2D eigenvalue weighted by molar-refractivity contribution is 7.89. The minimum absolute atomic E-state index is 0.100. The van der Waals surface area contributed by atoms with Crippen molar-refractivity contribution < 1.29 is 30.4 Å². The van der Waals surface area contributed by atoms with Gasteiger partial charge in [-0.3, -0.25) is 4.79 Å². The third kappa shape index (κ3) is 7.48. The second-order valence-electron chi connectivity index (χ2n) is 12.2. The number of anilines is 1. The molecule has 44 heavy (non-hydrogen) atoms. The highest BCUT2D eigenvalue weighted by atomic mass is 32.2. The largest absolute Gasteiger partial charge is 0.324 e. The Bertz CT molecular complexity index is 1550. The van der Waals surface area contributed by atoms with Crippen LogP contribution in [0.25, 0.3) is 0 Å². The van der Waals surface area contributed by atoms with Crippen LogP contribution in [0.5, 0.6) is 0 Å². The first-order valence-corrected chi connectivity index (χ1v) is 18.6. The quantitative estimate of drug-likeness (QED) is 0.378. The predicted octanol–water partition coefficient (Wildman–Crippen LogP) is 2.38. The number of nitrogens with two attached hydrogens (primary N) is 1. The van der Waals surface area contributed by atoms with Gasteiger partial charge in [0.15, 0.2) is 0 Å². The monoisotopic (exact) mass is 653 g/mol. The molecule has 1 amide bonds. The van der Waals surface area contributed by atoms with Crippen molar-refractivity contribution >= 4 is 31.6 Å². The summed E-state index contributed by atoms with van der Waals surface area (Å²) in [4.78, 5) is 13.7. The van der Waals surface area contributed by atoms with Crippen molar-refractivity contribution in [2.75, 3.05) is 43.5 Å². The summed E-state index contributed by atoms with van der Waals surface area (Å²) in [7, 11) is -6.76. The Kier molecular flexibility index (Phi) is 10.1. The Balaban J connectivity index is 1.33. The average Bonchev–Trinajstić information content (AvgIpc) is 3.09. The molecule has 4 N–H and O–H groups in total. The molecule has 2 aromatic rings. The van der Waals surface area contributed by atoms with Gasteiger partial charge in [-0.15, -0.1) is 0 Å². The Morgan fingerprint density at radius 1 is 1.11 bits per heavy atom. The second kappa shape index (κ2) is 13.5. The van der Waals surface area contributed by atoms with E-state index in [4.69, 9.17) is 5.73 Å². The molecule has 0 saturated carbocycles. The summed E-state index contributed by atoms with van der Waals surface area (Å²) in [6.45, 7) is 1.44. The molecule has 14 heteroatoms. The maximum Gasteiger partial charge on any atom is 0.241 e. The topological polar surface area (TPSA) is 142 Å². The predicted molar refractivity (Wildman–Crippen MR) is 165 cm³/mol. The number of fused-ring (bicyclic) bond motifs is 2. The molecule has 0 spiro atoms. The van der Waals surface area contributed by atoms with Crippen LogP contribution < -0.4 is 16.4 Å². The van der Waals surface area contributed by atoms with Crippen LogP contribution in [0.2, 0.25) is 0 Å². The molecule has 3 unspecified atom stereocenters. The molecule has 5 rings (SSSR count). The molecule has 0 radical (unpaired) electrons. The lowest BCUT2D eigenvalue weighted by Gasteiger charge is -2.38. The number of piperazine rings is 1. The first-order valence-electron chi connectivity index (χ1n) is 15.1. The van der Waals surface area contributed by atoms with Crippen LogP contribution in [0.3, 0.4) is 0 Å². The molecule has 0 aliphatic carbocycles. The number of nitrogens with one attached hydrogen (secondary N) is 2. The van der Waals surface area contributed by atoms with Gasteiger partial charge in [0.2, 0.25) is 26.0 Å². The van der Waals surface area contributed by atoms with E-state index in [0.29, 0.717) is 44.3 Å². The highest BCUT2D eigenvalue weighted by Crippen LogP contribution is 2.36. The second-order valence-corrected chi connectivity index (χ2v) is 16.2. The van der Waals surface area contributed by atoms with E-state index in [-0.39, 0.29) is 54.5 Å². The standard InChI is InChI=1S/C30H41F2N5O5S2/c1-43(39,40)36-15-13-21(14-16-36)28(20-7-9-22(31)10-8-20)29(33)30(38)35-27-6-2-5-26(32)25(27)12-11-24-18-34-23-4-3-17-44(41,42)37(24)19-23/h2,5-10,21,23-24,28-29,34H,3-4,11-19,33H2,1H3,(H,35,38)/t23-,24+,28?,29?/m1/s1. The SMILES string of the molecule is CS(=O)(=O)N1CCC(C(c2ccc(F)cc2)C(N)C(=O)Nc2cccc(F)c2CC[C@H]2CN[C@@H]3CCCS(=O)(=O)N2C3)CC1. The molecule has 5 atom stereocenters. The zero-order valence-electron chi connectivity index (χ0n) is 24.8. The van der Waals surface area contributed by atoms with Gasteiger partial charge in [-0.25, -0.2) is 29.9 Å². The van der Waals surface area contributed by atoms with Gasteiger partial charge in [0.1, 0.15) is 11.6 Å². The van der Waals surface area contributed by atoms with Gasteiger partial charge >= 0.3 is 0 Å². The van der Waals surface area contributed by atoms with Crippen molar-refractivity contribution in [3.05, 3.63) is 65.2 Å². The van der Waals surface area contributed by atoms with Crippen LogP contribution in [0, 0.1) is 17.6 Å². The minimum atomic E-state index is -3.40. The fourth-order valence-corrected chi connectivity index (χ4v) is 9.57. The van der Waals surface area contributed by atoms with Crippen LogP contribution in [0.4, 0.5) is 14.5 Å². The number of rotatable bonds is 9. The Labute approximate surface area is 258 Å². The smallest absolute Gasteiger partial charge is 0.241 e.